The van der Waals surface area contributed by atoms with Crippen LogP contribution < -0.4 is 10.6 Å². The third-order valence-corrected chi connectivity index (χ3v) is 2.72. The van der Waals surface area contributed by atoms with Gasteiger partial charge in [0.2, 0.25) is 5.76 Å². The van der Waals surface area contributed by atoms with E-state index in [0.29, 0.717) is 5.69 Å². The van der Waals surface area contributed by atoms with Crippen molar-refractivity contribution in [1.82, 2.24) is 10.3 Å². The van der Waals surface area contributed by atoms with Gasteiger partial charge in [-0.2, -0.15) is 0 Å². The molecule has 0 aliphatic rings. The van der Waals surface area contributed by atoms with Gasteiger partial charge in [0.25, 0.3) is 5.91 Å². The van der Waals surface area contributed by atoms with Crippen LogP contribution in [0.25, 0.3) is 0 Å². The molecular formula is C14H17N3O2. The van der Waals surface area contributed by atoms with Crippen molar-refractivity contribution in [2.45, 2.75) is 20.4 Å². The molecule has 0 bridgehead atoms. The van der Waals surface area contributed by atoms with Gasteiger partial charge in [-0.15, -0.1) is 0 Å². The predicted molar refractivity (Wildman–Crippen MR) is 73.0 cm³/mol. The summed E-state index contributed by atoms with van der Waals surface area (Å²) in [7, 11) is 0. The first-order valence-electron chi connectivity index (χ1n) is 6.21. The van der Waals surface area contributed by atoms with Crippen molar-refractivity contribution in [2.24, 2.45) is 0 Å². The zero-order valence-corrected chi connectivity index (χ0v) is 11.1. The highest BCUT2D eigenvalue weighted by atomic mass is 16.3. The third kappa shape index (κ3) is 3.42. The molecule has 5 nitrogen and oxygen atoms in total. The quantitative estimate of drug-likeness (QED) is 0.865. The number of oxazole rings is 1. The van der Waals surface area contributed by atoms with Crippen molar-refractivity contribution in [3.8, 4) is 0 Å². The van der Waals surface area contributed by atoms with Crippen LogP contribution in [-0.4, -0.2) is 17.4 Å². The Morgan fingerprint density at radius 1 is 1.42 bits per heavy atom. The molecule has 0 aliphatic carbocycles. The average molecular weight is 259 g/mol. The second-order valence-corrected chi connectivity index (χ2v) is 4.20. The van der Waals surface area contributed by atoms with Gasteiger partial charge in [-0.25, -0.2) is 4.98 Å². The van der Waals surface area contributed by atoms with Crippen molar-refractivity contribution in [3.63, 3.8) is 0 Å². The fourth-order valence-electron chi connectivity index (χ4n) is 1.74. The number of anilines is 1. The Balaban J connectivity index is 2.07. The second-order valence-electron chi connectivity index (χ2n) is 4.20. The smallest absolute Gasteiger partial charge is 0.293 e. The molecule has 2 aromatic rings. The molecule has 5 heteroatoms. The molecule has 0 spiro atoms. The Labute approximate surface area is 112 Å². The lowest BCUT2D eigenvalue weighted by Gasteiger charge is -2.07. The van der Waals surface area contributed by atoms with Gasteiger partial charge >= 0.3 is 0 Å². The standard InChI is InChI=1S/C14H17N3O2/c1-3-15-8-11-5-4-6-12(7-11)17-14(18)13-10(2)16-9-19-13/h4-7,9,15H,3,8H2,1-2H3,(H,17,18). The Morgan fingerprint density at radius 3 is 2.95 bits per heavy atom. The summed E-state index contributed by atoms with van der Waals surface area (Å²) in [5.41, 5.74) is 2.45. The summed E-state index contributed by atoms with van der Waals surface area (Å²) in [4.78, 5) is 15.9. The van der Waals surface area contributed by atoms with Crippen LogP contribution in [0.2, 0.25) is 0 Å². The van der Waals surface area contributed by atoms with Crippen molar-refractivity contribution in [2.75, 3.05) is 11.9 Å². The molecule has 100 valence electrons. The van der Waals surface area contributed by atoms with E-state index in [9.17, 15) is 4.79 Å². The van der Waals surface area contributed by atoms with Crippen LogP contribution in [0.4, 0.5) is 5.69 Å². The first-order valence-corrected chi connectivity index (χ1v) is 6.21. The van der Waals surface area contributed by atoms with Gasteiger partial charge in [0.05, 0.1) is 5.69 Å². The molecule has 0 unspecified atom stereocenters. The lowest BCUT2D eigenvalue weighted by atomic mass is 10.2. The first-order chi connectivity index (χ1) is 9.20. The number of hydrogen-bond acceptors (Lipinski definition) is 4. The Hall–Kier alpha value is -2.14. The van der Waals surface area contributed by atoms with Crippen LogP contribution in [-0.2, 0) is 6.54 Å². The summed E-state index contributed by atoms with van der Waals surface area (Å²) in [5, 5.41) is 6.04. The summed E-state index contributed by atoms with van der Waals surface area (Å²) in [5.74, 6) is -0.0345. The monoisotopic (exact) mass is 259 g/mol. The fourth-order valence-corrected chi connectivity index (χ4v) is 1.74. The van der Waals surface area contributed by atoms with Crippen LogP contribution in [0.1, 0.15) is 28.7 Å². The van der Waals surface area contributed by atoms with Crippen molar-refractivity contribution in [3.05, 3.63) is 47.7 Å². The summed E-state index contributed by atoms with van der Waals surface area (Å²) >= 11 is 0. The molecule has 1 amide bonds. The highest BCUT2D eigenvalue weighted by Crippen LogP contribution is 2.13. The van der Waals surface area contributed by atoms with E-state index < -0.39 is 0 Å². The molecule has 1 heterocycles. The highest BCUT2D eigenvalue weighted by Gasteiger charge is 2.13. The molecule has 1 aromatic heterocycles. The number of nitrogens with zero attached hydrogens (tertiary/aromatic N) is 1. The highest BCUT2D eigenvalue weighted by molar-refractivity contribution is 6.02. The zero-order valence-electron chi connectivity index (χ0n) is 11.1. The minimum Gasteiger partial charge on any atom is -0.438 e. The number of amides is 1. The minimum atomic E-state index is -0.282. The molecule has 0 fully saturated rings. The van der Waals surface area contributed by atoms with Gasteiger partial charge < -0.3 is 15.1 Å². The molecule has 0 aliphatic heterocycles. The molecule has 0 saturated carbocycles. The number of carbonyl (C=O) groups excluding carboxylic acids is 1. The van der Waals surface area contributed by atoms with E-state index in [4.69, 9.17) is 4.42 Å². The Morgan fingerprint density at radius 2 is 2.26 bits per heavy atom. The van der Waals surface area contributed by atoms with Crippen LogP contribution >= 0.6 is 0 Å². The maximum atomic E-state index is 12.0. The maximum absolute atomic E-state index is 12.0. The van der Waals surface area contributed by atoms with E-state index in [2.05, 4.69) is 22.5 Å². The largest absolute Gasteiger partial charge is 0.438 e. The van der Waals surface area contributed by atoms with Gasteiger partial charge in [0.1, 0.15) is 0 Å². The summed E-state index contributed by atoms with van der Waals surface area (Å²) < 4.78 is 5.06. The second kappa shape index (κ2) is 6.15. The molecule has 2 N–H and O–H groups in total. The molecule has 19 heavy (non-hydrogen) atoms. The number of aromatic nitrogens is 1. The van der Waals surface area contributed by atoms with E-state index in [1.807, 2.05) is 24.3 Å². The van der Waals surface area contributed by atoms with E-state index in [0.717, 1.165) is 24.3 Å². The molecular weight excluding hydrogens is 242 g/mol. The van der Waals surface area contributed by atoms with E-state index in [-0.39, 0.29) is 11.7 Å². The van der Waals surface area contributed by atoms with Crippen LogP contribution in [0.15, 0.2) is 35.1 Å². The molecule has 0 atom stereocenters. The molecule has 0 saturated heterocycles. The predicted octanol–water partition coefficient (Wildman–Crippen LogP) is 2.34. The maximum Gasteiger partial charge on any atom is 0.293 e. The van der Waals surface area contributed by atoms with Crippen molar-refractivity contribution >= 4 is 11.6 Å². The SMILES string of the molecule is CCNCc1cccc(NC(=O)c2ocnc2C)c1. The van der Waals surface area contributed by atoms with Crippen molar-refractivity contribution < 1.29 is 9.21 Å². The van der Waals surface area contributed by atoms with Crippen LogP contribution in [0, 0.1) is 6.92 Å². The van der Waals surface area contributed by atoms with Gasteiger partial charge in [-0.05, 0) is 31.2 Å². The van der Waals surface area contributed by atoms with E-state index >= 15 is 0 Å². The number of aryl methyl sites for hydroxylation is 1. The number of carbonyl (C=O) groups is 1. The molecule has 0 radical (unpaired) electrons. The number of benzene rings is 1. The minimum absolute atomic E-state index is 0.247. The van der Waals surface area contributed by atoms with Gasteiger partial charge in [-0.1, -0.05) is 19.1 Å². The normalized spacial score (nSPS) is 10.4. The lowest BCUT2D eigenvalue weighted by molar-refractivity contribution is 0.0996. The fraction of sp³-hybridized carbons (Fsp3) is 0.286. The number of hydrogen-bond donors (Lipinski definition) is 2. The van der Waals surface area contributed by atoms with Gasteiger partial charge in [0.15, 0.2) is 6.39 Å². The van der Waals surface area contributed by atoms with Gasteiger partial charge in [0, 0.05) is 12.2 Å². The number of rotatable bonds is 5. The molecule has 1 aromatic carbocycles. The number of nitrogens with one attached hydrogen (secondary N) is 2. The van der Waals surface area contributed by atoms with Crippen molar-refractivity contribution in [1.29, 1.82) is 0 Å². The summed E-state index contributed by atoms with van der Waals surface area (Å²) in [6.07, 6.45) is 1.27. The van der Waals surface area contributed by atoms with Crippen LogP contribution in [0.3, 0.4) is 0 Å². The Kier molecular flexibility index (Phi) is 4.30. The van der Waals surface area contributed by atoms with Gasteiger partial charge in [-0.3, -0.25) is 4.79 Å². The Bertz CT molecular complexity index is 563. The first kappa shape index (κ1) is 13.3. The molecule has 2 rings (SSSR count). The zero-order chi connectivity index (χ0) is 13.7. The van der Waals surface area contributed by atoms with Crippen LogP contribution in [0.5, 0.6) is 0 Å². The lowest BCUT2D eigenvalue weighted by Crippen LogP contribution is -2.14. The average Bonchev–Trinajstić information content (AvgIpc) is 2.83. The van der Waals surface area contributed by atoms with E-state index in [1.165, 1.54) is 6.39 Å². The summed E-state index contributed by atoms with van der Waals surface area (Å²) in [6.45, 7) is 5.48. The summed E-state index contributed by atoms with van der Waals surface area (Å²) in [6, 6.07) is 7.71. The third-order valence-electron chi connectivity index (χ3n) is 2.72. The van der Waals surface area contributed by atoms with E-state index in [1.54, 1.807) is 6.92 Å². The topological polar surface area (TPSA) is 67.2 Å².